The Kier molecular flexibility index (Phi) is 4.42. The highest BCUT2D eigenvalue weighted by atomic mass is 79.9. The number of piperazine rings is 1. The van der Waals surface area contributed by atoms with E-state index < -0.39 is 11.6 Å². The second-order valence-corrected chi connectivity index (χ2v) is 6.48. The topological polar surface area (TPSA) is 49.4 Å². The molecule has 0 bridgehead atoms. The summed E-state index contributed by atoms with van der Waals surface area (Å²) in [5.41, 5.74) is 0.987. The predicted octanol–water partition coefficient (Wildman–Crippen LogP) is 3.17. The van der Waals surface area contributed by atoms with Crippen molar-refractivity contribution in [2.24, 2.45) is 0 Å². The number of amides is 2. The van der Waals surface area contributed by atoms with Gasteiger partial charge in [-0.25, -0.2) is 0 Å². The van der Waals surface area contributed by atoms with Crippen LogP contribution in [0.1, 0.15) is 39.2 Å². The zero-order chi connectivity index (χ0) is 15.8. The van der Waals surface area contributed by atoms with Crippen molar-refractivity contribution in [3.8, 4) is 0 Å². The van der Waals surface area contributed by atoms with Gasteiger partial charge in [0, 0.05) is 10.2 Å². The standard InChI is InChI=1S/C16H21BrN2O2/c1-5-16(6-2)15(21)19(11(4)14(20)18-16)13-8-7-12(17)9-10(13)3/h7-9,11H,5-6H2,1-4H3,(H,18,20). The number of hydrogen-bond acceptors (Lipinski definition) is 2. The van der Waals surface area contributed by atoms with Gasteiger partial charge in [-0.1, -0.05) is 29.8 Å². The van der Waals surface area contributed by atoms with Crippen molar-refractivity contribution < 1.29 is 9.59 Å². The van der Waals surface area contributed by atoms with Crippen LogP contribution in [0.25, 0.3) is 0 Å². The number of aryl methyl sites for hydroxylation is 1. The fourth-order valence-corrected chi connectivity index (χ4v) is 3.33. The first-order chi connectivity index (χ1) is 9.86. The van der Waals surface area contributed by atoms with Crippen LogP contribution >= 0.6 is 15.9 Å². The smallest absolute Gasteiger partial charge is 0.253 e. The van der Waals surface area contributed by atoms with E-state index in [4.69, 9.17) is 0 Å². The maximum absolute atomic E-state index is 13.0. The van der Waals surface area contributed by atoms with Crippen molar-refractivity contribution in [2.45, 2.75) is 52.1 Å². The molecule has 1 aliphatic rings. The number of anilines is 1. The third kappa shape index (κ3) is 2.59. The van der Waals surface area contributed by atoms with E-state index >= 15 is 0 Å². The molecule has 0 spiro atoms. The molecular formula is C16H21BrN2O2. The normalized spacial score (nSPS) is 21.4. The summed E-state index contributed by atoms with van der Waals surface area (Å²) < 4.78 is 0.961. The number of rotatable bonds is 3. The largest absolute Gasteiger partial charge is 0.340 e. The van der Waals surface area contributed by atoms with E-state index in [2.05, 4.69) is 21.2 Å². The molecule has 1 heterocycles. The number of nitrogens with one attached hydrogen (secondary N) is 1. The molecule has 0 saturated carbocycles. The van der Waals surface area contributed by atoms with Gasteiger partial charge in [0.25, 0.3) is 5.91 Å². The molecule has 2 amide bonds. The zero-order valence-corrected chi connectivity index (χ0v) is 14.5. The van der Waals surface area contributed by atoms with Gasteiger partial charge in [0.15, 0.2) is 0 Å². The molecule has 0 aromatic heterocycles. The van der Waals surface area contributed by atoms with Gasteiger partial charge in [0.1, 0.15) is 11.6 Å². The molecule has 1 aromatic rings. The van der Waals surface area contributed by atoms with E-state index in [1.165, 1.54) is 0 Å². The Morgan fingerprint density at radius 3 is 2.43 bits per heavy atom. The molecule has 1 aromatic carbocycles. The summed E-state index contributed by atoms with van der Waals surface area (Å²) in [6, 6.07) is 5.25. The molecule has 0 aliphatic carbocycles. The molecule has 2 rings (SSSR count). The summed E-state index contributed by atoms with van der Waals surface area (Å²) in [5.74, 6) is -0.120. The number of carbonyl (C=O) groups excluding carboxylic acids is 2. The summed E-state index contributed by atoms with van der Waals surface area (Å²) in [6.07, 6.45) is 1.18. The van der Waals surface area contributed by atoms with Crippen molar-refractivity contribution >= 4 is 33.4 Å². The minimum absolute atomic E-state index is 0.0231. The summed E-state index contributed by atoms with van der Waals surface area (Å²) in [5, 5.41) is 2.92. The van der Waals surface area contributed by atoms with Crippen LogP contribution < -0.4 is 10.2 Å². The quantitative estimate of drug-likeness (QED) is 0.908. The van der Waals surface area contributed by atoms with E-state index in [0.29, 0.717) is 12.8 Å². The number of carbonyl (C=O) groups is 2. The van der Waals surface area contributed by atoms with Gasteiger partial charge < -0.3 is 5.32 Å². The van der Waals surface area contributed by atoms with Crippen molar-refractivity contribution in [1.29, 1.82) is 0 Å². The van der Waals surface area contributed by atoms with E-state index in [-0.39, 0.29) is 11.8 Å². The molecule has 1 unspecified atom stereocenters. The third-order valence-electron chi connectivity index (χ3n) is 4.38. The van der Waals surface area contributed by atoms with Gasteiger partial charge in [0.2, 0.25) is 5.91 Å². The minimum atomic E-state index is -0.789. The van der Waals surface area contributed by atoms with Crippen LogP contribution in [0.3, 0.4) is 0 Å². The van der Waals surface area contributed by atoms with Crippen LogP contribution in [0.4, 0.5) is 5.69 Å². The van der Waals surface area contributed by atoms with Crippen molar-refractivity contribution in [1.82, 2.24) is 5.32 Å². The third-order valence-corrected chi connectivity index (χ3v) is 4.88. The first-order valence-electron chi connectivity index (χ1n) is 7.28. The van der Waals surface area contributed by atoms with E-state index in [9.17, 15) is 9.59 Å². The first kappa shape index (κ1) is 16.0. The molecule has 1 atom stereocenters. The van der Waals surface area contributed by atoms with Gasteiger partial charge in [-0.05, 0) is 50.5 Å². The summed E-state index contributed by atoms with van der Waals surface area (Å²) in [4.78, 5) is 27.0. The van der Waals surface area contributed by atoms with Crippen LogP contribution in [-0.4, -0.2) is 23.4 Å². The van der Waals surface area contributed by atoms with Crippen LogP contribution in [0.5, 0.6) is 0 Å². The lowest BCUT2D eigenvalue weighted by Crippen LogP contribution is -2.69. The van der Waals surface area contributed by atoms with Gasteiger partial charge in [-0.3, -0.25) is 14.5 Å². The number of benzene rings is 1. The SMILES string of the molecule is CCC1(CC)NC(=O)C(C)N(c2ccc(Br)cc2C)C1=O. The van der Waals surface area contributed by atoms with E-state index in [1.807, 2.05) is 39.0 Å². The van der Waals surface area contributed by atoms with Gasteiger partial charge in [0.05, 0.1) is 0 Å². The fraction of sp³-hybridized carbons (Fsp3) is 0.500. The Bertz CT molecular complexity index is 582. The number of nitrogens with zero attached hydrogens (tertiary/aromatic N) is 1. The lowest BCUT2D eigenvalue weighted by Gasteiger charge is -2.44. The Morgan fingerprint density at radius 1 is 1.29 bits per heavy atom. The Labute approximate surface area is 134 Å². The fourth-order valence-electron chi connectivity index (χ4n) is 2.85. The molecule has 5 heteroatoms. The predicted molar refractivity (Wildman–Crippen MR) is 87.3 cm³/mol. The number of hydrogen-bond donors (Lipinski definition) is 1. The van der Waals surface area contributed by atoms with Crippen LogP contribution in [-0.2, 0) is 9.59 Å². The summed E-state index contributed by atoms with van der Waals surface area (Å²) in [7, 11) is 0. The average molecular weight is 353 g/mol. The number of halogens is 1. The minimum Gasteiger partial charge on any atom is -0.340 e. The maximum Gasteiger partial charge on any atom is 0.253 e. The molecule has 1 N–H and O–H groups in total. The second-order valence-electron chi connectivity index (χ2n) is 5.56. The Morgan fingerprint density at radius 2 is 1.90 bits per heavy atom. The first-order valence-corrected chi connectivity index (χ1v) is 8.07. The molecule has 1 saturated heterocycles. The Hall–Kier alpha value is -1.36. The highest BCUT2D eigenvalue weighted by Crippen LogP contribution is 2.32. The zero-order valence-electron chi connectivity index (χ0n) is 12.9. The molecule has 1 fully saturated rings. The van der Waals surface area contributed by atoms with Gasteiger partial charge in [-0.15, -0.1) is 0 Å². The van der Waals surface area contributed by atoms with Gasteiger partial charge >= 0.3 is 0 Å². The van der Waals surface area contributed by atoms with E-state index in [1.54, 1.807) is 11.8 Å². The molecule has 1 aliphatic heterocycles. The molecule has 4 nitrogen and oxygen atoms in total. The highest BCUT2D eigenvalue weighted by Gasteiger charge is 2.48. The highest BCUT2D eigenvalue weighted by molar-refractivity contribution is 9.10. The van der Waals surface area contributed by atoms with Crippen molar-refractivity contribution in [2.75, 3.05) is 4.90 Å². The molecular weight excluding hydrogens is 332 g/mol. The van der Waals surface area contributed by atoms with Crippen molar-refractivity contribution in [3.05, 3.63) is 28.2 Å². The van der Waals surface area contributed by atoms with Crippen LogP contribution in [0.15, 0.2) is 22.7 Å². The summed E-state index contributed by atoms with van der Waals surface area (Å²) >= 11 is 3.43. The molecule has 0 radical (unpaired) electrons. The summed E-state index contributed by atoms with van der Waals surface area (Å²) in [6.45, 7) is 7.59. The molecule has 21 heavy (non-hydrogen) atoms. The second kappa shape index (κ2) is 5.79. The lowest BCUT2D eigenvalue weighted by molar-refractivity contribution is -0.138. The van der Waals surface area contributed by atoms with Crippen LogP contribution in [0.2, 0.25) is 0 Å². The maximum atomic E-state index is 13.0. The monoisotopic (exact) mass is 352 g/mol. The van der Waals surface area contributed by atoms with Crippen molar-refractivity contribution in [3.63, 3.8) is 0 Å². The lowest BCUT2D eigenvalue weighted by atomic mass is 9.87. The average Bonchev–Trinajstić information content (AvgIpc) is 2.45. The van der Waals surface area contributed by atoms with E-state index in [0.717, 1.165) is 15.7 Å². The Balaban J connectivity index is 2.53. The molecule has 114 valence electrons. The van der Waals surface area contributed by atoms with Gasteiger partial charge in [-0.2, -0.15) is 0 Å². The van der Waals surface area contributed by atoms with Crippen LogP contribution in [0, 0.1) is 6.92 Å².